The second-order valence-corrected chi connectivity index (χ2v) is 19.2. The number of para-hydroxylation sites is 3. The molecule has 0 fully saturated rings. The van der Waals surface area contributed by atoms with Gasteiger partial charge in [0.25, 0.3) is 0 Å². The first kappa shape index (κ1) is 37.0. The van der Waals surface area contributed by atoms with E-state index in [0.29, 0.717) is 0 Å². The zero-order valence-electron chi connectivity index (χ0n) is 36.5. The number of aromatic nitrogens is 4. The van der Waals surface area contributed by atoms with Crippen LogP contribution in [0.5, 0.6) is 0 Å². The van der Waals surface area contributed by atoms with Crippen molar-refractivity contribution < 1.29 is 0 Å². The van der Waals surface area contributed by atoms with Crippen LogP contribution < -0.4 is 0 Å². The molecule has 0 N–H and O–H groups in total. The van der Waals surface area contributed by atoms with E-state index in [-0.39, 0.29) is 10.8 Å². The van der Waals surface area contributed by atoms with Gasteiger partial charge in [-0.25, -0.2) is 9.97 Å². The molecular weight excluding hydrogens is 777 g/mol. The van der Waals surface area contributed by atoms with Gasteiger partial charge in [0.15, 0.2) is 5.82 Å². The summed E-state index contributed by atoms with van der Waals surface area (Å²) in [4.78, 5) is 11.1. The van der Waals surface area contributed by atoms with Crippen LogP contribution in [0.4, 0.5) is 0 Å². The summed E-state index contributed by atoms with van der Waals surface area (Å²) in [5, 5.41) is 9.80. The van der Waals surface area contributed by atoms with E-state index in [4.69, 9.17) is 9.97 Å². The Balaban J connectivity index is 1.17. The quantitative estimate of drug-likeness (QED) is 0.177. The fourth-order valence-corrected chi connectivity index (χ4v) is 11.1. The molecule has 0 aliphatic heterocycles. The highest BCUT2D eigenvalue weighted by Crippen LogP contribution is 2.50. The van der Waals surface area contributed by atoms with Gasteiger partial charge in [-0.05, 0) is 128 Å². The molecule has 64 heavy (non-hydrogen) atoms. The van der Waals surface area contributed by atoms with Crippen LogP contribution >= 0.6 is 0 Å². The predicted octanol–water partition coefficient (Wildman–Crippen LogP) is 15.8. The van der Waals surface area contributed by atoms with Crippen molar-refractivity contribution in [3.8, 4) is 33.9 Å². The molecule has 0 saturated carbocycles. The molecule has 12 aromatic rings. The second kappa shape index (κ2) is 13.5. The Bertz CT molecular complexity index is 3900. The molecule has 0 bridgehead atoms. The maximum absolute atomic E-state index is 5.61. The van der Waals surface area contributed by atoms with E-state index in [9.17, 15) is 0 Å². The Hall–Kier alpha value is -7.56. The van der Waals surface area contributed by atoms with Gasteiger partial charge in [0, 0.05) is 32.8 Å². The van der Waals surface area contributed by atoms with E-state index in [2.05, 4.69) is 219 Å². The lowest BCUT2D eigenvalue weighted by Crippen LogP contribution is -2.33. The van der Waals surface area contributed by atoms with E-state index in [1.807, 2.05) is 0 Å². The average molecular weight is 823 g/mol. The highest BCUT2D eigenvalue weighted by molar-refractivity contribution is 6.25. The lowest BCUT2D eigenvalue weighted by molar-refractivity contribution is 0.332. The lowest BCUT2D eigenvalue weighted by Gasteiger charge is -2.42. The first-order valence-corrected chi connectivity index (χ1v) is 22.6. The molecule has 13 rings (SSSR count). The highest BCUT2D eigenvalue weighted by Gasteiger charge is 2.38. The molecule has 0 atom stereocenters. The van der Waals surface area contributed by atoms with Gasteiger partial charge in [0.1, 0.15) is 5.69 Å². The van der Waals surface area contributed by atoms with Crippen LogP contribution in [0.25, 0.3) is 110 Å². The fourth-order valence-electron chi connectivity index (χ4n) is 11.1. The van der Waals surface area contributed by atoms with E-state index < -0.39 is 0 Å². The minimum absolute atomic E-state index is 0.0638. The van der Waals surface area contributed by atoms with Crippen molar-refractivity contribution in [1.29, 1.82) is 0 Å². The van der Waals surface area contributed by atoms with Crippen LogP contribution in [0.15, 0.2) is 182 Å². The summed E-state index contributed by atoms with van der Waals surface area (Å²) in [6.45, 7) is 9.72. The third kappa shape index (κ3) is 5.42. The molecular formula is C60H46N4. The average Bonchev–Trinajstić information content (AvgIpc) is 3.83. The monoisotopic (exact) mass is 822 g/mol. The minimum Gasteiger partial charge on any atom is -0.309 e. The fraction of sp³-hybridized carbons (Fsp3) is 0.133. The normalized spacial score (nSPS) is 14.7. The Morgan fingerprint density at radius 2 is 0.984 bits per heavy atom. The summed E-state index contributed by atoms with van der Waals surface area (Å²) in [6, 6.07) is 66.6. The summed E-state index contributed by atoms with van der Waals surface area (Å²) in [7, 11) is 0. The Morgan fingerprint density at radius 3 is 1.78 bits per heavy atom. The molecule has 4 heteroatoms. The zero-order valence-corrected chi connectivity index (χ0v) is 36.5. The van der Waals surface area contributed by atoms with Crippen molar-refractivity contribution in [2.75, 3.05) is 0 Å². The number of hydrogen-bond acceptors (Lipinski definition) is 2. The van der Waals surface area contributed by atoms with Crippen LogP contribution in [0.3, 0.4) is 0 Å². The molecule has 0 saturated heterocycles. The Kier molecular flexibility index (Phi) is 7.80. The highest BCUT2D eigenvalue weighted by atomic mass is 15.1. The summed E-state index contributed by atoms with van der Waals surface area (Å²) >= 11 is 0. The van der Waals surface area contributed by atoms with Crippen molar-refractivity contribution in [1.82, 2.24) is 19.1 Å². The molecule has 3 heterocycles. The maximum atomic E-state index is 5.61. The number of rotatable bonds is 4. The predicted molar refractivity (Wildman–Crippen MR) is 269 cm³/mol. The molecule has 1 aliphatic rings. The molecule has 306 valence electrons. The van der Waals surface area contributed by atoms with Crippen molar-refractivity contribution in [3.05, 3.63) is 193 Å². The summed E-state index contributed by atoms with van der Waals surface area (Å²) in [6.07, 6.45) is 2.32. The molecule has 0 spiro atoms. The molecule has 0 amide bonds. The number of hydrogen-bond donors (Lipinski definition) is 0. The van der Waals surface area contributed by atoms with Gasteiger partial charge in [0.2, 0.25) is 0 Å². The van der Waals surface area contributed by atoms with Crippen LogP contribution in [0.1, 0.15) is 51.7 Å². The van der Waals surface area contributed by atoms with Crippen LogP contribution in [0, 0.1) is 0 Å². The molecule has 0 unspecified atom stereocenters. The molecule has 4 nitrogen and oxygen atoms in total. The summed E-state index contributed by atoms with van der Waals surface area (Å²) < 4.78 is 4.92. The molecule has 9 aromatic carbocycles. The van der Waals surface area contributed by atoms with E-state index >= 15 is 0 Å². The first-order chi connectivity index (χ1) is 31.2. The topological polar surface area (TPSA) is 35.6 Å². The summed E-state index contributed by atoms with van der Waals surface area (Å²) in [5.41, 5.74) is 14.8. The van der Waals surface area contributed by atoms with Gasteiger partial charge in [-0.15, -0.1) is 0 Å². The Labute approximate surface area is 372 Å². The van der Waals surface area contributed by atoms with Crippen molar-refractivity contribution in [2.45, 2.75) is 51.4 Å². The van der Waals surface area contributed by atoms with Crippen LogP contribution in [0.2, 0.25) is 0 Å². The van der Waals surface area contributed by atoms with E-state index in [0.717, 1.165) is 63.2 Å². The van der Waals surface area contributed by atoms with Gasteiger partial charge in [0.05, 0.1) is 33.1 Å². The SMILES string of the molecule is CC1(C)CCC(C)(C)c2cc3c(cc21)c1cc2c(cc1n3-c1ccccc1)c1c3ccccc3ccc1n2-c1nc2ccccc2nc1-c1cccc(-c2cccc3ccccc23)c1. The Morgan fingerprint density at radius 1 is 0.406 bits per heavy atom. The van der Waals surface area contributed by atoms with Gasteiger partial charge < -0.3 is 4.57 Å². The van der Waals surface area contributed by atoms with Crippen LogP contribution in [-0.4, -0.2) is 19.1 Å². The minimum atomic E-state index is 0.0638. The van der Waals surface area contributed by atoms with Gasteiger partial charge >= 0.3 is 0 Å². The molecule has 3 aromatic heterocycles. The standard InChI is InChI=1S/C60H46N4/c1-59(2)30-31-60(3,4)49-36-55-45(33-48(49)59)46-34-54-47(35-53(46)63(55)41-21-6-5-7-22-41)56-44-24-11-9-17-38(44)28-29-52(56)64(54)58-57(61-50-26-12-13-27-51(50)62-58)40-20-14-19-39(32-40)43-25-15-18-37-16-8-10-23-42(37)43/h5-29,32-36H,30-31H2,1-4H3. The van der Waals surface area contributed by atoms with E-state index in [1.165, 1.54) is 70.8 Å². The lowest BCUT2D eigenvalue weighted by atomic mass is 9.63. The third-order valence-corrected chi connectivity index (χ3v) is 14.5. The second-order valence-electron chi connectivity index (χ2n) is 19.2. The van der Waals surface area contributed by atoms with E-state index in [1.54, 1.807) is 0 Å². The zero-order chi connectivity index (χ0) is 42.9. The third-order valence-electron chi connectivity index (χ3n) is 14.5. The van der Waals surface area contributed by atoms with Crippen LogP contribution in [-0.2, 0) is 10.8 Å². The number of nitrogens with zero attached hydrogens (tertiary/aromatic N) is 4. The van der Waals surface area contributed by atoms with Crippen molar-refractivity contribution in [2.24, 2.45) is 0 Å². The van der Waals surface area contributed by atoms with Gasteiger partial charge in [-0.2, -0.15) is 0 Å². The first-order valence-electron chi connectivity index (χ1n) is 22.6. The van der Waals surface area contributed by atoms with Gasteiger partial charge in [-0.1, -0.05) is 149 Å². The number of benzene rings is 9. The van der Waals surface area contributed by atoms with Crippen molar-refractivity contribution >= 4 is 76.2 Å². The van der Waals surface area contributed by atoms with Gasteiger partial charge in [-0.3, -0.25) is 4.57 Å². The molecule has 0 radical (unpaired) electrons. The largest absolute Gasteiger partial charge is 0.309 e. The summed E-state index contributed by atoms with van der Waals surface area (Å²) in [5.74, 6) is 0.815. The maximum Gasteiger partial charge on any atom is 0.165 e. The smallest absolute Gasteiger partial charge is 0.165 e. The molecule has 1 aliphatic carbocycles. The number of fused-ring (bicyclic) bond motifs is 11. The van der Waals surface area contributed by atoms with Crippen molar-refractivity contribution in [3.63, 3.8) is 0 Å².